The molecule has 2 aromatic heterocycles. The summed E-state index contributed by atoms with van der Waals surface area (Å²) >= 11 is 5.41. The van der Waals surface area contributed by atoms with Crippen molar-refractivity contribution in [2.75, 3.05) is 6.54 Å². The average molecular weight is 342 g/mol. The zero-order valence-corrected chi connectivity index (χ0v) is 14.0. The monoisotopic (exact) mass is 341 g/mol. The van der Waals surface area contributed by atoms with Crippen molar-refractivity contribution in [1.29, 1.82) is 0 Å². The molecule has 0 aliphatic heterocycles. The summed E-state index contributed by atoms with van der Waals surface area (Å²) in [5.74, 6) is 0. The first-order valence-corrected chi connectivity index (χ1v) is 8.29. The standard InChI is InChI=1S/C14H20BrN3S/c1-4-16-13(14-12(15)6-8-19-14)9-11-5-7-18(17-11)10(2)3/h5-8,10,13,16H,4,9H2,1-3H3. The fourth-order valence-electron chi connectivity index (χ4n) is 2.04. The Hall–Kier alpha value is -0.650. The molecule has 0 radical (unpaired) electrons. The third-order valence-corrected chi connectivity index (χ3v) is 5.00. The van der Waals surface area contributed by atoms with Gasteiger partial charge in [-0.25, -0.2) is 0 Å². The average Bonchev–Trinajstić information content (AvgIpc) is 2.97. The molecule has 5 heteroatoms. The molecule has 0 bridgehead atoms. The second kappa shape index (κ2) is 6.68. The maximum atomic E-state index is 4.64. The van der Waals surface area contributed by atoms with E-state index in [2.05, 4.69) is 70.8 Å². The van der Waals surface area contributed by atoms with Crippen LogP contribution in [-0.2, 0) is 6.42 Å². The van der Waals surface area contributed by atoms with E-state index in [-0.39, 0.29) is 0 Å². The fraction of sp³-hybridized carbons (Fsp3) is 0.500. The van der Waals surface area contributed by atoms with Crippen molar-refractivity contribution in [1.82, 2.24) is 15.1 Å². The SMILES string of the molecule is CCNC(Cc1ccn(C(C)C)n1)c1sccc1Br. The Morgan fingerprint density at radius 3 is 2.74 bits per heavy atom. The van der Waals surface area contributed by atoms with Crippen LogP contribution < -0.4 is 5.32 Å². The number of hydrogen-bond donors (Lipinski definition) is 1. The third-order valence-electron chi connectivity index (χ3n) is 3.02. The molecule has 0 aliphatic rings. The van der Waals surface area contributed by atoms with E-state index in [1.807, 2.05) is 4.68 Å². The first-order chi connectivity index (χ1) is 9.11. The predicted octanol–water partition coefficient (Wildman–Crippen LogP) is 4.18. The molecular weight excluding hydrogens is 322 g/mol. The first kappa shape index (κ1) is 14.8. The Kier molecular flexibility index (Phi) is 5.19. The Morgan fingerprint density at radius 1 is 1.42 bits per heavy atom. The van der Waals surface area contributed by atoms with Crippen molar-refractivity contribution in [3.63, 3.8) is 0 Å². The van der Waals surface area contributed by atoms with Gasteiger partial charge in [-0.1, -0.05) is 6.92 Å². The number of aromatic nitrogens is 2. The van der Waals surface area contributed by atoms with Crippen LogP contribution in [0.2, 0.25) is 0 Å². The highest BCUT2D eigenvalue weighted by Crippen LogP contribution is 2.30. The lowest BCUT2D eigenvalue weighted by Crippen LogP contribution is -2.22. The Bertz CT molecular complexity index is 518. The van der Waals surface area contributed by atoms with Crippen molar-refractivity contribution in [2.45, 2.75) is 39.3 Å². The lowest BCUT2D eigenvalue weighted by Gasteiger charge is -2.16. The Labute approximate surface area is 127 Å². The van der Waals surface area contributed by atoms with Crippen molar-refractivity contribution in [3.05, 3.63) is 38.8 Å². The molecule has 0 amide bonds. The van der Waals surface area contributed by atoms with Gasteiger partial charge in [0.2, 0.25) is 0 Å². The van der Waals surface area contributed by atoms with Crippen molar-refractivity contribution in [3.8, 4) is 0 Å². The van der Waals surface area contributed by atoms with E-state index in [0.717, 1.165) is 18.7 Å². The van der Waals surface area contributed by atoms with Crippen molar-refractivity contribution in [2.24, 2.45) is 0 Å². The quantitative estimate of drug-likeness (QED) is 0.853. The molecule has 0 fully saturated rings. The van der Waals surface area contributed by atoms with Crippen LogP contribution in [0.25, 0.3) is 0 Å². The largest absolute Gasteiger partial charge is 0.309 e. The summed E-state index contributed by atoms with van der Waals surface area (Å²) in [5, 5.41) is 10.3. The number of nitrogens with zero attached hydrogens (tertiary/aromatic N) is 2. The minimum Gasteiger partial charge on any atom is -0.309 e. The molecule has 104 valence electrons. The minimum absolute atomic E-state index is 0.329. The van der Waals surface area contributed by atoms with E-state index in [1.165, 1.54) is 9.35 Å². The second-order valence-electron chi connectivity index (χ2n) is 4.83. The van der Waals surface area contributed by atoms with E-state index in [4.69, 9.17) is 0 Å². The van der Waals surface area contributed by atoms with Gasteiger partial charge in [0.05, 0.1) is 5.69 Å². The Morgan fingerprint density at radius 2 is 2.21 bits per heavy atom. The molecule has 1 unspecified atom stereocenters. The maximum absolute atomic E-state index is 4.64. The van der Waals surface area contributed by atoms with Gasteiger partial charge < -0.3 is 5.32 Å². The smallest absolute Gasteiger partial charge is 0.0644 e. The third kappa shape index (κ3) is 3.68. The zero-order chi connectivity index (χ0) is 13.8. The Balaban J connectivity index is 2.14. The molecule has 0 saturated carbocycles. The number of halogens is 1. The van der Waals surface area contributed by atoms with Crippen LogP contribution >= 0.6 is 27.3 Å². The van der Waals surface area contributed by atoms with Crippen LogP contribution in [0.5, 0.6) is 0 Å². The normalized spacial score (nSPS) is 13.1. The van der Waals surface area contributed by atoms with E-state index < -0.39 is 0 Å². The highest BCUT2D eigenvalue weighted by atomic mass is 79.9. The number of rotatable bonds is 6. The van der Waals surface area contributed by atoms with Gasteiger partial charge in [-0.15, -0.1) is 11.3 Å². The number of thiophene rings is 1. The lowest BCUT2D eigenvalue weighted by atomic mass is 10.1. The predicted molar refractivity (Wildman–Crippen MR) is 84.8 cm³/mol. The fourth-order valence-corrected chi connectivity index (χ4v) is 3.77. The second-order valence-corrected chi connectivity index (χ2v) is 6.63. The van der Waals surface area contributed by atoms with Gasteiger partial charge in [-0.3, -0.25) is 4.68 Å². The molecule has 1 atom stereocenters. The summed E-state index contributed by atoms with van der Waals surface area (Å²) < 4.78 is 3.20. The summed E-state index contributed by atoms with van der Waals surface area (Å²) in [4.78, 5) is 1.35. The lowest BCUT2D eigenvalue weighted by molar-refractivity contribution is 0.508. The molecule has 3 nitrogen and oxygen atoms in total. The minimum atomic E-state index is 0.329. The highest BCUT2D eigenvalue weighted by molar-refractivity contribution is 9.10. The molecule has 2 aromatic rings. The summed E-state index contributed by atoms with van der Waals surface area (Å²) in [5.41, 5.74) is 1.14. The van der Waals surface area contributed by atoms with Gasteiger partial charge in [-0.05, 0) is 53.8 Å². The van der Waals surface area contributed by atoms with Crippen LogP contribution in [0, 0.1) is 0 Å². The van der Waals surface area contributed by atoms with Gasteiger partial charge in [0.1, 0.15) is 0 Å². The summed E-state index contributed by atoms with van der Waals surface area (Å²) in [6.07, 6.45) is 2.99. The maximum Gasteiger partial charge on any atom is 0.0644 e. The molecule has 0 aliphatic carbocycles. The molecule has 1 N–H and O–H groups in total. The summed E-state index contributed by atoms with van der Waals surface area (Å²) in [6, 6.07) is 4.97. The summed E-state index contributed by atoms with van der Waals surface area (Å²) in [7, 11) is 0. The van der Waals surface area contributed by atoms with E-state index in [0.29, 0.717) is 12.1 Å². The molecule has 0 spiro atoms. The van der Waals surface area contributed by atoms with Gasteiger partial charge in [0.25, 0.3) is 0 Å². The highest BCUT2D eigenvalue weighted by Gasteiger charge is 2.17. The van der Waals surface area contributed by atoms with Gasteiger partial charge >= 0.3 is 0 Å². The molecular formula is C14H20BrN3S. The zero-order valence-electron chi connectivity index (χ0n) is 11.6. The van der Waals surface area contributed by atoms with E-state index in [1.54, 1.807) is 11.3 Å². The topological polar surface area (TPSA) is 29.9 Å². The first-order valence-electron chi connectivity index (χ1n) is 6.62. The molecule has 19 heavy (non-hydrogen) atoms. The number of nitrogens with one attached hydrogen (secondary N) is 1. The molecule has 2 heterocycles. The van der Waals surface area contributed by atoms with E-state index >= 15 is 0 Å². The number of hydrogen-bond acceptors (Lipinski definition) is 3. The van der Waals surface area contributed by atoms with Crippen molar-refractivity contribution >= 4 is 27.3 Å². The van der Waals surface area contributed by atoms with Gasteiger partial charge in [-0.2, -0.15) is 5.10 Å². The van der Waals surface area contributed by atoms with Crippen LogP contribution in [0.4, 0.5) is 0 Å². The van der Waals surface area contributed by atoms with E-state index in [9.17, 15) is 0 Å². The van der Waals surface area contributed by atoms with Gasteiger partial charge in [0.15, 0.2) is 0 Å². The molecule has 0 saturated heterocycles. The molecule has 0 aromatic carbocycles. The van der Waals surface area contributed by atoms with Crippen molar-refractivity contribution < 1.29 is 0 Å². The van der Waals surface area contributed by atoms with Crippen LogP contribution in [0.1, 0.15) is 43.4 Å². The summed E-state index contributed by atoms with van der Waals surface area (Å²) in [6.45, 7) is 7.39. The van der Waals surface area contributed by atoms with Crippen LogP contribution in [0.15, 0.2) is 28.2 Å². The van der Waals surface area contributed by atoms with Crippen LogP contribution in [-0.4, -0.2) is 16.3 Å². The molecule has 2 rings (SSSR count). The van der Waals surface area contributed by atoms with Gasteiger partial charge in [0, 0.05) is 34.1 Å². The van der Waals surface area contributed by atoms with Crippen LogP contribution in [0.3, 0.4) is 0 Å². The number of likely N-dealkylation sites (N-methyl/N-ethyl adjacent to an activating group) is 1.